The van der Waals surface area contributed by atoms with Crippen molar-refractivity contribution in [1.29, 1.82) is 5.26 Å². The number of hydrogen-bond acceptors (Lipinski definition) is 4. The van der Waals surface area contributed by atoms with E-state index >= 15 is 0 Å². The molecule has 0 heterocycles. The Labute approximate surface area is 123 Å². The van der Waals surface area contributed by atoms with Gasteiger partial charge in [0.05, 0.1) is 11.1 Å². The van der Waals surface area contributed by atoms with E-state index < -0.39 is 18.1 Å². The van der Waals surface area contributed by atoms with Crippen LogP contribution in [-0.2, 0) is 11.2 Å². The molecule has 0 atom stereocenters. The number of halogens is 3. The van der Waals surface area contributed by atoms with Crippen LogP contribution in [0.25, 0.3) is 0 Å². The van der Waals surface area contributed by atoms with E-state index in [-0.39, 0.29) is 17.6 Å². The van der Waals surface area contributed by atoms with Gasteiger partial charge in [0.25, 0.3) is 0 Å². The summed E-state index contributed by atoms with van der Waals surface area (Å²) >= 11 is 0. The van der Waals surface area contributed by atoms with Gasteiger partial charge >= 0.3 is 12.3 Å². The molecular weight excluding hydrogens is 301 g/mol. The summed E-state index contributed by atoms with van der Waals surface area (Å²) in [6.07, 6.45) is -1.23. The number of carbonyl (C=O) groups is 1. The molecule has 1 aromatic rings. The number of nitriles is 1. The lowest BCUT2D eigenvalue weighted by Crippen LogP contribution is -2.17. The molecule has 0 saturated heterocycles. The number of alkyl halides is 3. The Morgan fingerprint density at radius 2 is 2.14 bits per heavy atom. The minimum Gasteiger partial charge on any atom is -0.478 e. The van der Waals surface area contributed by atoms with E-state index in [1.165, 1.54) is 24.3 Å². The Kier molecular flexibility index (Phi) is 5.57. The third-order valence-electron chi connectivity index (χ3n) is 2.47. The highest BCUT2D eigenvalue weighted by atomic mass is 19.4. The molecule has 0 aromatic heterocycles. The van der Waals surface area contributed by atoms with Crippen LogP contribution in [0, 0.1) is 11.3 Å². The summed E-state index contributed by atoms with van der Waals surface area (Å²) in [4.78, 5) is 10.9. The molecule has 8 heteroatoms. The summed E-state index contributed by atoms with van der Waals surface area (Å²) in [5, 5.41) is 17.7. The maximum absolute atomic E-state index is 12.2. The van der Waals surface area contributed by atoms with Gasteiger partial charge in [-0.05, 0) is 36.4 Å². The fourth-order valence-electron chi connectivity index (χ4n) is 1.56. The van der Waals surface area contributed by atoms with Crippen LogP contribution in [-0.4, -0.2) is 17.4 Å². The van der Waals surface area contributed by atoms with Crippen LogP contribution in [0.5, 0.6) is 5.75 Å². The summed E-state index contributed by atoms with van der Waals surface area (Å²) in [5.74, 6) is -1.80. The lowest BCUT2D eigenvalue weighted by Gasteiger charge is -2.10. The van der Waals surface area contributed by atoms with Crippen molar-refractivity contribution in [3.05, 3.63) is 53.3 Å². The number of carboxylic acids is 1. The molecule has 0 radical (unpaired) electrons. The van der Waals surface area contributed by atoms with Gasteiger partial charge in [-0.1, -0.05) is 12.1 Å². The fourth-order valence-corrected chi connectivity index (χ4v) is 1.56. The van der Waals surface area contributed by atoms with Gasteiger partial charge in [0, 0.05) is 0 Å². The molecule has 0 fully saturated rings. The summed E-state index contributed by atoms with van der Waals surface area (Å²) in [6.45, 7) is 0. The van der Waals surface area contributed by atoms with Crippen molar-refractivity contribution < 1.29 is 27.8 Å². The molecule has 3 N–H and O–H groups in total. The third kappa shape index (κ3) is 5.20. The molecule has 0 saturated carbocycles. The van der Waals surface area contributed by atoms with Crippen molar-refractivity contribution in [2.75, 3.05) is 0 Å². The van der Waals surface area contributed by atoms with E-state index in [1.807, 2.05) is 0 Å². The van der Waals surface area contributed by atoms with Crippen LogP contribution in [0.4, 0.5) is 13.2 Å². The average molecular weight is 312 g/mol. The first-order chi connectivity index (χ1) is 10.3. The van der Waals surface area contributed by atoms with E-state index in [1.54, 1.807) is 6.07 Å². The van der Waals surface area contributed by atoms with E-state index in [0.717, 1.165) is 12.3 Å². The van der Waals surface area contributed by atoms with Crippen LogP contribution in [0.3, 0.4) is 0 Å². The number of allylic oxidation sites excluding steroid dienone is 1. The molecule has 5 nitrogen and oxygen atoms in total. The van der Waals surface area contributed by atoms with Gasteiger partial charge < -0.3 is 15.6 Å². The second kappa shape index (κ2) is 7.17. The number of carboxylic acid groups (broad SMARTS) is 1. The number of benzene rings is 1. The van der Waals surface area contributed by atoms with Gasteiger partial charge in [-0.2, -0.15) is 5.26 Å². The van der Waals surface area contributed by atoms with Crippen molar-refractivity contribution in [3.63, 3.8) is 0 Å². The Balaban J connectivity index is 3.02. The maximum atomic E-state index is 12.2. The summed E-state index contributed by atoms with van der Waals surface area (Å²) in [7, 11) is 0. The zero-order valence-corrected chi connectivity index (χ0v) is 11.1. The average Bonchev–Trinajstić information content (AvgIpc) is 2.42. The SMILES string of the molecule is N#Cc1cc(C/C=C(\C=C/N)C(=O)O)ccc1OC(F)(F)F. The number of ether oxygens (including phenoxy) is 1. The van der Waals surface area contributed by atoms with Crippen LogP contribution in [0.15, 0.2) is 42.1 Å². The number of rotatable bonds is 5. The van der Waals surface area contributed by atoms with Gasteiger partial charge in [0.2, 0.25) is 0 Å². The minimum absolute atomic E-state index is 0.0726. The topological polar surface area (TPSA) is 96.3 Å². The zero-order valence-electron chi connectivity index (χ0n) is 11.1. The van der Waals surface area contributed by atoms with Crippen molar-refractivity contribution in [1.82, 2.24) is 0 Å². The first kappa shape index (κ1) is 17.1. The van der Waals surface area contributed by atoms with Crippen LogP contribution < -0.4 is 10.5 Å². The minimum atomic E-state index is -4.89. The summed E-state index contributed by atoms with van der Waals surface area (Å²) in [5.41, 5.74) is 5.19. The summed E-state index contributed by atoms with van der Waals surface area (Å²) < 4.78 is 40.2. The zero-order chi connectivity index (χ0) is 16.8. The lowest BCUT2D eigenvalue weighted by molar-refractivity contribution is -0.274. The monoisotopic (exact) mass is 312 g/mol. The van der Waals surface area contributed by atoms with E-state index in [0.29, 0.717) is 5.56 Å². The van der Waals surface area contributed by atoms with Gasteiger partial charge in [-0.25, -0.2) is 4.79 Å². The molecule has 1 rings (SSSR count). The first-order valence-corrected chi connectivity index (χ1v) is 5.87. The van der Waals surface area contributed by atoms with E-state index in [9.17, 15) is 18.0 Å². The highest BCUT2D eigenvalue weighted by Gasteiger charge is 2.32. The lowest BCUT2D eigenvalue weighted by atomic mass is 10.1. The Morgan fingerprint density at radius 1 is 1.45 bits per heavy atom. The Hall–Kier alpha value is -2.95. The molecule has 0 amide bonds. The third-order valence-corrected chi connectivity index (χ3v) is 2.47. The second-order valence-corrected chi connectivity index (χ2v) is 4.02. The number of nitrogens with zero attached hydrogens (tertiary/aromatic N) is 1. The molecule has 0 spiro atoms. The molecule has 0 aliphatic rings. The molecular formula is C14H11F3N2O3. The second-order valence-electron chi connectivity index (χ2n) is 4.02. The van der Waals surface area contributed by atoms with Gasteiger partial charge in [0.15, 0.2) is 0 Å². The Bertz CT molecular complexity index is 658. The van der Waals surface area contributed by atoms with Gasteiger partial charge in [0.1, 0.15) is 11.8 Å². The molecule has 116 valence electrons. The van der Waals surface area contributed by atoms with E-state index in [2.05, 4.69) is 4.74 Å². The van der Waals surface area contributed by atoms with Gasteiger partial charge in [-0.15, -0.1) is 13.2 Å². The van der Waals surface area contributed by atoms with E-state index in [4.69, 9.17) is 16.1 Å². The molecule has 0 aliphatic carbocycles. The smallest absolute Gasteiger partial charge is 0.478 e. The highest BCUT2D eigenvalue weighted by Crippen LogP contribution is 2.27. The number of hydrogen-bond donors (Lipinski definition) is 2. The van der Waals surface area contributed by atoms with Crippen molar-refractivity contribution >= 4 is 5.97 Å². The first-order valence-electron chi connectivity index (χ1n) is 5.87. The van der Waals surface area contributed by atoms with Crippen molar-refractivity contribution in [3.8, 4) is 11.8 Å². The van der Waals surface area contributed by atoms with Gasteiger partial charge in [-0.3, -0.25) is 0 Å². The van der Waals surface area contributed by atoms with Crippen molar-refractivity contribution in [2.24, 2.45) is 5.73 Å². The Morgan fingerprint density at radius 3 is 2.64 bits per heavy atom. The molecule has 0 unspecified atom stereocenters. The number of nitrogens with two attached hydrogens (primary N) is 1. The van der Waals surface area contributed by atoms with Crippen LogP contribution in [0.2, 0.25) is 0 Å². The van der Waals surface area contributed by atoms with Crippen molar-refractivity contribution in [2.45, 2.75) is 12.8 Å². The maximum Gasteiger partial charge on any atom is 0.573 e. The molecule has 0 bridgehead atoms. The summed E-state index contributed by atoms with van der Waals surface area (Å²) in [6, 6.07) is 5.11. The van der Waals surface area contributed by atoms with Crippen LogP contribution >= 0.6 is 0 Å². The molecule has 22 heavy (non-hydrogen) atoms. The molecule has 0 aliphatic heterocycles. The highest BCUT2D eigenvalue weighted by molar-refractivity contribution is 5.89. The largest absolute Gasteiger partial charge is 0.573 e. The predicted molar refractivity (Wildman–Crippen MR) is 70.6 cm³/mol. The quantitative estimate of drug-likeness (QED) is 0.643. The number of aliphatic carboxylic acids is 1. The molecule has 1 aromatic carbocycles. The fraction of sp³-hybridized carbons (Fsp3) is 0.143. The van der Waals surface area contributed by atoms with Crippen LogP contribution in [0.1, 0.15) is 11.1 Å². The normalized spacial score (nSPS) is 12.2. The standard InChI is InChI=1S/C14H11F3N2O3/c15-14(16,17)22-12-4-2-9(7-11(12)8-19)1-3-10(5-6-18)13(20)21/h2-7H,1,18H2,(H,20,21)/b6-5-,10-3+. The predicted octanol–water partition coefficient (Wildman–Crippen LogP) is 2.48.